The van der Waals surface area contributed by atoms with E-state index in [2.05, 4.69) is 9.97 Å². The molecule has 0 bridgehead atoms. The van der Waals surface area contributed by atoms with E-state index in [0.29, 0.717) is 5.69 Å². The van der Waals surface area contributed by atoms with Crippen LogP contribution in [0.3, 0.4) is 0 Å². The summed E-state index contributed by atoms with van der Waals surface area (Å²) in [5.74, 6) is -3.52. The van der Waals surface area contributed by atoms with E-state index in [9.17, 15) is 9.59 Å². The van der Waals surface area contributed by atoms with E-state index in [-0.39, 0.29) is 5.69 Å². The zero-order chi connectivity index (χ0) is 11.4. The third-order valence-electron chi connectivity index (χ3n) is 1.93. The highest BCUT2D eigenvalue weighted by Crippen LogP contribution is 2.19. The largest absolute Gasteiger partial charge is 0.481 e. The molecule has 0 saturated heterocycles. The summed E-state index contributed by atoms with van der Waals surface area (Å²) in [6.45, 7) is 1.60. The lowest BCUT2D eigenvalue weighted by Crippen LogP contribution is -2.18. The van der Waals surface area contributed by atoms with Crippen molar-refractivity contribution < 1.29 is 19.8 Å². The number of carboxylic acids is 2. The molecule has 0 aliphatic rings. The van der Waals surface area contributed by atoms with Crippen molar-refractivity contribution in [3.8, 4) is 0 Å². The first kappa shape index (κ1) is 11.1. The SMILES string of the molecule is Cc1nccnc1C(CC(=O)O)C(=O)O. The van der Waals surface area contributed by atoms with Crippen molar-refractivity contribution in [3.63, 3.8) is 0 Å². The quantitative estimate of drug-likeness (QED) is 0.747. The third kappa shape index (κ3) is 2.73. The van der Waals surface area contributed by atoms with Crippen molar-refractivity contribution in [2.75, 3.05) is 0 Å². The molecule has 1 atom stereocenters. The summed E-state index contributed by atoms with van der Waals surface area (Å²) in [4.78, 5) is 29.1. The molecule has 0 fully saturated rings. The molecular formula is C9H10N2O4. The maximum atomic E-state index is 10.9. The fraction of sp³-hybridized carbons (Fsp3) is 0.333. The fourth-order valence-corrected chi connectivity index (χ4v) is 1.24. The second kappa shape index (κ2) is 4.50. The van der Waals surface area contributed by atoms with E-state index in [4.69, 9.17) is 10.2 Å². The van der Waals surface area contributed by atoms with Gasteiger partial charge in [0.2, 0.25) is 0 Å². The molecule has 0 amide bonds. The zero-order valence-corrected chi connectivity index (χ0v) is 8.04. The highest BCUT2D eigenvalue weighted by atomic mass is 16.4. The first-order valence-electron chi connectivity index (χ1n) is 4.24. The van der Waals surface area contributed by atoms with Crippen LogP contribution in [0, 0.1) is 6.92 Å². The van der Waals surface area contributed by atoms with Gasteiger partial charge in [-0.15, -0.1) is 0 Å². The molecule has 1 aromatic rings. The average Bonchev–Trinajstić information content (AvgIpc) is 2.15. The molecule has 0 aliphatic carbocycles. The van der Waals surface area contributed by atoms with Crippen LogP contribution in [0.15, 0.2) is 12.4 Å². The van der Waals surface area contributed by atoms with Crippen LogP contribution in [0.1, 0.15) is 23.7 Å². The standard InChI is InChI=1S/C9H10N2O4/c1-5-8(11-3-2-10-5)6(9(14)15)4-7(12)13/h2-3,6H,4H2,1H3,(H,12,13)(H,14,15). The van der Waals surface area contributed by atoms with Crippen molar-refractivity contribution in [2.24, 2.45) is 0 Å². The van der Waals surface area contributed by atoms with E-state index in [1.165, 1.54) is 12.4 Å². The smallest absolute Gasteiger partial charge is 0.313 e. The molecule has 1 aromatic heterocycles. The summed E-state index contributed by atoms with van der Waals surface area (Å²) in [6.07, 6.45) is 2.29. The van der Waals surface area contributed by atoms with Crippen LogP contribution < -0.4 is 0 Å². The lowest BCUT2D eigenvalue weighted by Gasteiger charge is -2.10. The lowest BCUT2D eigenvalue weighted by molar-refractivity contribution is -0.145. The highest BCUT2D eigenvalue weighted by Gasteiger charge is 2.26. The minimum absolute atomic E-state index is 0.201. The van der Waals surface area contributed by atoms with Crippen LogP contribution in [0.4, 0.5) is 0 Å². The summed E-state index contributed by atoms with van der Waals surface area (Å²) in [5, 5.41) is 17.4. The highest BCUT2D eigenvalue weighted by molar-refractivity contribution is 5.82. The van der Waals surface area contributed by atoms with Crippen LogP contribution in [-0.4, -0.2) is 32.1 Å². The fourth-order valence-electron chi connectivity index (χ4n) is 1.24. The zero-order valence-electron chi connectivity index (χ0n) is 8.04. The van der Waals surface area contributed by atoms with Crippen LogP contribution in [0.25, 0.3) is 0 Å². The van der Waals surface area contributed by atoms with Gasteiger partial charge in [-0.05, 0) is 6.92 Å². The van der Waals surface area contributed by atoms with Gasteiger partial charge in [-0.1, -0.05) is 0 Å². The molecule has 0 saturated carbocycles. The molecule has 0 aliphatic heterocycles. The number of aryl methyl sites for hydroxylation is 1. The van der Waals surface area contributed by atoms with Crippen molar-refractivity contribution >= 4 is 11.9 Å². The summed E-state index contributed by atoms with van der Waals surface area (Å²) in [7, 11) is 0. The van der Waals surface area contributed by atoms with E-state index >= 15 is 0 Å². The average molecular weight is 210 g/mol. The summed E-state index contributed by atoms with van der Waals surface area (Å²) in [6, 6.07) is 0. The maximum Gasteiger partial charge on any atom is 0.313 e. The minimum Gasteiger partial charge on any atom is -0.481 e. The Labute approximate surface area is 85.6 Å². The summed E-state index contributed by atoms with van der Waals surface area (Å²) < 4.78 is 0. The Morgan fingerprint density at radius 3 is 2.40 bits per heavy atom. The number of hydrogen-bond donors (Lipinski definition) is 2. The van der Waals surface area contributed by atoms with Crippen molar-refractivity contribution in [1.82, 2.24) is 9.97 Å². The number of aliphatic carboxylic acids is 2. The number of rotatable bonds is 4. The Bertz CT molecular complexity index is 391. The second-order valence-electron chi connectivity index (χ2n) is 3.02. The van der Waals surface area contributed by atoms with Gasteiger partial charge in [0, 0.05) is 12.4 Å². The Balaban J connectivity index is 3.04. The van der Waals surface area contributed by atoms with Gasteiger partial charge in [-0.25, -0.2) is 0 Å². The van der Waals surface area contributed by atoms with Crippen molar-refractivity contribution in [1.29, 1.82) is 0 Å². The number of hydrogen-bond acceptors (Lipinski definition) is 4. The van der Waals surface area contributed by atoms with Crippen LogP contribution >= 0.6 is 0 Å². The molecule has 6 nitrogen and oxygen atoms in total. The van der Waals surface area contributed by atoms with E-state index in [0.717, 1.165) is 0 Å². The minimum atomic E-state index is -1.21. The van der Waals surface area contributed by atoms with Crippen LogP contribution in [0.5, 0.6) is 0 Å². The Morgan fingerprint density at radius 2 is 1.93 bits per heavy atom. The molecule has 1 heterocycles. The van der Waals surface area contributed by atoms with Gasteiger partial charge in [0.1, 0.15) is 5.92 Å². The molecule has 0 radical (unpaired) electrons. The number of aromatic nitrogens is 2. The predicted octanol–water partition coefficient (Wildman–Crippen LogP) is 0.428. The van der Waals surface area contributed by atoms with Gasteiger partial charge in [0.15, 0.2) is 0 Å². The molecule has 1 unspecified atom stereocenters. The molecule has 2 N–H and O–H groups in total. The molecule has 0 aromatic carbocycles. The van der Waals surface area contributed by atoms with Gasteiger partial charge < -0.3 is 10.2 Å². The molecule has 0 spiro atoms. The van der Waals surface area contributed by atoms with Gasteiger partial charge in [0.05, 0.1) is 17.8 Å². The predicted molar refractivity (Wildman–Crippen MR) is 49.4 cm³/mol. The topological polar surface area (TPSA) is 100 Å². The molecule has 80 valence electrons. The number of carbonyl (C=O) groups is 2. The number of nitrogens with zero attached hydrogens (tertiary/aromatic N) is 2. The molecule has 6 heteroatoms. The molecule has 1 rings (SSSR count). The monoisotopic (exact) mass is 210 g/mol. The van der Waals surface area contributed by atoms with Crippen molar-refractivity contribution in [2.45, 2.75) is 19.3 Å². The van der Waals surface area contributed by atoms with Crippen LogP contribution in [-0.2, 0) is 9.59 Å². The lowest BCUT2D eigenvalue weighted by atomic mass is 10.00. The second-order valence-corrected chi connectivity index (χ2v) is 3.02. The maximum absolute atomic E-state index is 10.9. The van der Waals surface area contributed by atoms with E-state index in [1.807, 2.05) is 0 Å². The Kier molecular flexibility index (Phi) is 3.33. The van der Waals surface area contributed by atoms with Gasteiger partial charge in [-0.2, -0.15) is 0 Å². The molecule has 15 heavy (non-hydrogen) atoms. The normalized spacial score (nSPS) is 12.1. The van der Waals surface area contributed by atoms with E-state index in [1.54, 1.807) is 6.92 Å². The third-order valence-corrected chi connectivity index (χ3v) is 1.93. The number of carboxylic acid groups (broad SMARTS) is 2. The van der Waals surface area contributed by atoms with Crippen molar-refractivity contribution in [3.05, 3.63) is 23.8 Å². The Morgan fingerprint density at radius 1 is 1.33 bits per heavy atom. The summed E-state index contributed by atoms with van der Waals surface area (Å²) >= 11 is 0. The van der Waals surface area contributed by atoms with Gasteiger partial charge in [0.25, 0.3) is 0 Å². The van der Waals surface area contributed by atoms with Gasteiger partial charge in [-0.3, -0.25) is 19.6 Å². The first-order valence-corrected chi connectivity index (χ1v) is 4.24. The Hall–Kier alpha value is -1.98. The molecular weight excluding hydrogens is 200 g/mol. The van der Waals surface area contributed by atoms with E-state index < -0.39 is 24.3 Å². The van der Waals surface area contributed by atoms with Gasteiger partial charge >= 0.3 is 11.9 Å². The van der Waals surface area contributed by atoms with Crippen LogP contribution in [0.2, 0.25) is 0 Å². The first-order chi connectivity index (χ1) is 7.02. The summed E-state index contributed by atoms with van der Waals surface area (Å²) in [5.41, 5.74) is 0.638.